The molecule has 0 aromatic heterocycles. The van der Waals surface area contributed by atoms with Crippen molar-refractivity contribution < 1.29 is 0 Å². The maximum absolute atomic E-state index is 3.74. The minimum Gasteiger partial charge on any atom is -0.311 e. The number of halogens is 1. The van der Waals surface area contributed by atoms with E-state index in [4.69, 9.17) is 0 Å². The van der Waals surface area contributed by atoms with E-state index < -0.39 is 0 Å². The van der Waals surface area contributed by atoms with Crippen LogP contribution in [0.1, 0.15) is 37.7 Å². The number of benzene rings is 1. The van der Waals surface area contributed by atoms with Crippen LogP contribution in [0.4, 0.5) is 0 Å². The second kappa shape index (κ2) is 6.97. The first-order valence-corrected chi connectivity index (χ1v) is 8.88. The van der Waals surface area contributed by atoms with E-state index >= 15 is 0 Å². The van der Waals surface area contributed by atoms with Crippen LogP contribution in [0.5, 0.6) is 0 Å². The van der Waals surface area contributed by atoms with Crippen LogP contribution in [0, 0.1) is 0 Å². The zero-order chi connectivity index (χ0) is 13.0. The smallest absolute Gasteiger partial charge is 0.0210 e. The molecule has 18 heavy (non-hydrogen) atoms. The summed E-state index contributed by atoms with van der Waals surface area (Å²) < 4.78 is 1.27. The van der Waals surface area contributed by atoms with Crippen molar-refractivity contribution in [3.05, 3.63) is 34.3 Å². The number of nitrogens with one attached hydrogen (secondary N) is 1. The molecule has 0 saturated heterocycles. The van der Waals surface area contributed by atoms with E-state index in [0.717, 1.165) is 12.0 Å². The third-order valence-electron chi connectivity index (χ3n) is 3.76. The molecule has 1 unspecified atom stereocenters. The maximum Gasteiger partial charge on any atom is 0.0210 e. The molecule has 1 saturated carbocycles. The van der Waals surface area contributed by atoms with E-state index in [1.54, 1.807) is 0 Å². The van der Waals surface area contributed by atoms with E-state index in [9.17, 15) is 0 Å². The molecule has 0 spiro atoms. The van der Waals surface area contributed by atoms with Crippen LogP contribution in [-0.2, 0) is 0 Å². The Balaban J connectivity index is 1.75. The Hall–Kier alpha value is 0.01000. The Morgan fingerprint density at radius 2 is 2.11 bits per heavy atom. The van der Waals surface area contributed by atoms with Crippen molar-refractivity contribution in [2.75, 3.05) is 12.0 Å². The van der Waals surface area contributed by atoms with Gasteiger partial charge in [-0.15, -0.1) is 0 Å². The molecule has 0 amide bonds. The van der Waals surface area contributed by atoms with Gasteiger partial charge in [0, 0.05) is 16.6 Å². The van der Waals surface area contributed by atoms with Crippen molar-refractivity contribution >= 4 is 27.7 Å². The van der Waals surface area contributed by atoms with Crippen LogP contribution >= 0.6 is 27.7 Å². The van der Waals surface area contributed by atoms with Crippen LogP contribution in [0.15, 0.2) is 28.7 Å². The normalized spacial score (nSPS) is 24.6. The lowest BCUT2D eigenvalue weighted by molar-refractivity contribution is 0.267. The molecule has 1 aromatic carbocycles. The van der Waals surface area contributed by atoms with Gasteiger partial charge in [0.1, 0.15) is 0 Å². The van der Waals surface area contributed by atoms with Crippen LogP contribution in [0.25, 0.3) is 0 Å². The molecule has 1 nitrogen and oxygen atoms in total. The summed E-state index contributed by atoms with van der Waals surface area (Å²) >= 11 is 5.59. The lowest BCUT2D eigenvalue weighted by Gasteiger charge is -2.38. The highest BCUT2D eigenvalue weighted by molar-refractivity contribution is 9.10. The summed E-state index contributed by atoms with van der Waals surface area (Å²) in [6, 6.07) is 10.0. The summed E-state index contributed by atoms with van der Waals surface area (Å²) in [5.74, 6) is 2.00. The molecular formula is C15H22BrNS. The lowest BCUT2D eigenvalue weighted by atomic mass is 9.75. The first kappa shape index (κ1) is 14.4. The Morgan fingerprint density at radius 3 is 2.78 bits per heavy atom. The maximum atomic E-state index is 3.74. The predicted octanol–water partition coefficient (Wildman–Crippen LogP) is 4.43. The molecule has 1 aliphatic rings. The second-order valence-corrected chi connectivity index (χ2v) is 7.08. The minimum atomic E-state index is 0.655. The largest absolute Gasteiger partial charge is 0.311 e. The zero-order valence-electron chi connectivity index (χ0n) is 11.2. The van der Waals surface area contributed by atoms with Gasteiger partial charge in [-0.1, -0.05) is 34.1 Å². The highest BCUT2D eigenvalue weighted by atomic mass is 79.9. The van der Waals surface area contributed by atoms with Crippen LogP contribution < -0.4 is 5.32 Å². The van der Waals surface area contributed by atoms with E-state index in [0.29, 0.717) is 6.04 Å². The number of hydrogen-bond donors (Lipinski definition) is 1. The molecule has 1 aliphatic carbocycles. The summed E-state index contributed by atoms with van der Waals surface area (Å²) in [5, 5.41) is 3.74. The summed E-state index contributed by atoms with van der Waals surface area (Å²) in [7, 11) is 0. The van der Waals surface area contributed by atoms with Gasteiger partial charge in [-0.25, -0.2) is 0 Å². The summed E-state index contributed by atoms with van der Waals surface area (Å²) in [4.78, 5) is 0. The first-order chi connectivity index (χ1) is 8.70. The Bertz CT molecular complexity index is 377. The van der Waals surface area contributed by atoms with Gasteiger partial charge in [0.05, 0.1) is 0 Å². The summed E-state index contributed by atoms with van der Waals surface area (Å²) in [6.45, 7) is 2.31. The lowest BCUT2D eigenvalue weighted by Crippen LogP contribution is -2.44. The molecule has 100 valence electrons. The number of hydrogen-bond acceptors (Lipinski definition) is 2. The third kappa shape index (κ3) is 3.75. The molecule has 0 bridgehead atoms. The molecule has 1 atom stereocenters. The first-order valence-electron chi connectivity index (χ1n) is 6.70. The van der Waals surface area contributed by atoms with E-state index in [2.05, 4.69) is 58.7 Å². The van der Waals surface area contributed by atoms with Gasteiger partial charge in [0.25, 0.3) is 0 Å². The Labute approximate surface area is 123 Å². The molecule has 2 rings (SSSR count). The molecular weight excluding hydrogens is 306 g/mol. The fourth-order valence-corrected chi connectivity index (χ4v) is 3.79. The van der Waals surface area contributed by atoms with Crippen molar-refractivity contribution in [1.82, 2.24) is 5.32 Å². The number of rotatable bonds is 6. The molecule has 1 N–H and O–H groups in total. The van der Waals surface area contributed by atoms with E-state index in [1.807, 2.05) is 11.8 Å². The van der Waals surface area contributed by atoms with E-state index in [1.165, 1.54) is 35.1 Å². The fraction of sp³-hybridized carbons (Fsp3) is 0.600. The van der Waals surface area contributed by atoms with Crippen molar-refractivity contribution in [2.24, 2.45) is 0 Å². The molecule has 1 fully saturated rings. The average Bonchev–Trinajstić information content (AvgIpc) is 2.32. The Kier molecular flexibility index (Phi) is 5.58. The molecule has 0 aliphatic heterocycles. The summed E-state index contributed by atoms with van der Waals surface area (Å²) in [6.07, 6.45) is 6.02. The highest BCUT2D eigenvalue weighted by Crippen LogP contribution is 2.40. The molecule has 0 radical (unpaired) electrons. The second-order valence-electron chi connectivity index (χ2n) is 5.24. The van der Waals surface area contributed by atoms with Gasteiger partial charge in [-0.05, 0) is 55.7 Å². The average molecular weight is 328 g/mol. The van der Waals surface area contributed by atoms with Crippen LogP contribution in [0.2, 0.25) is 0 Å². The molecule has 3 heteroatoms. The Morgan fingerprint density at radius 1 is 1.39 bits per heavy atom. The van der Waals surface area contributed by atoms with Gasteiger partial charge in [-0.3, -0.25) is 0 Å². The van der Waals surface area contributed by atoms with Crippen molar-refractivity contribution in [2.45, 2.75) is 44.2 Å². The van der Waals surface area contributed by atoms with Crippen molar-refractivity contribution in [3.63, 3.8) is 0 Å². The highest BCUT2D eigenvalue weighted by Gasteiger charge is 2.31. The van der Waals surface area contributed by atoms with Gasteiger partial charge in [0.15, 0.2) is 0 Å². The van der Waals surface area contributed by atoms with Crippen LogP contribution in [-0.4, -0.2) is 24.1 Å². The topological polar surface area (TPSA) is 12.0 Å². The third-order valence-corrected chi connectivity index (χ3v) is 5.12. The monoisotopic (exact) mass is 327 g/mol. The van der Waals surface area contributed by atoms with Crippen molar-refractivity contribution in [3.8, 4) is 0 Å². The van der Waals surface area contributed by atoms with E-state index in [-0.39, 0.29) is 0 Å². The SMILES string of the molecule is CSCCC(C)NC1CC(c2ccccc2Br)C1. The molecule has 1 aromatic rings. The minimum absolute atomic E-state index is 0.655. The summed E-state index contributed by atoms with van der Waals surface area (Å²) in [5.41, 5.74) is 1.48. The molecule has 0 heterocycles. The number of thioether (sulfide) groups is 1. The quantitative estimate of drug-likeness (QED) is 0.829. The van der Waals surface area contributed by atoms with Crippen molar-refractivity contribution in [1.29, 1.82) is 0 Å². The van der Waals surface area contributed by atoms with Gasteiger partial charge < -0.3 is 5.32 Å². The van der Waals surface area contributed by atoms with Gasteiger partial charge in [-0.2, -0.15) is 11.8 Å². The van der Waals surface area contributed by atoms with Crippen LogP contribution in [0.3, 0.4) is 0 Å². The predicted molar refractivity (Wildman–Crippen MR) is 85.5 cm³/mol. The van der Waals surface area contributed by atoms with Gasteiger partial charge in [0.2, 0.25) is 0 Å². The standard InChI is InChI=1S/C15H22BrNS/c1-11(7-8-18-2)17-13-9-12(10-13)14-5-3-4-6-15(14)16/h3-6,11-13,17H,7-10H2,1-2H3. The fourth-order valence-electron chi connectivity index (χ4n) is 2.59. The zero-order valence-corrected chi connectivity index (χ0v) is 13.6. The van der Waals surface area contributed by atoms with Gasteiger partial charge >= 0.3 is 0 Å².